The Bertz CT molecular complexity index is 876. The van der Waals surface area contributed by atoms with Gasteiger partial charge in [-0.3, -0.25) is 14.8 Å². The first kappa shape index (κ1) is 14.3. The molecule has 0 saturated heterocycles. The number of hydrogen-bond donors (Lipinski definition) is 2. The summed E-state index contributed by atoms with van der Waals surface area (Å²) in [5.74, 6) is 0.546. The van der Waals surface area contributed by atoms with Gasteiger partial charge in [0.2, 0.25) is 0 Å². The lowest BCUT2D eigenvalue weighted by molar-refractivity contribution is 0.0973. The van der Waals surface area contributed by atoms with Crippen LogP contribution >= 0.6 is 0 Å². The summed E-state index contributed by atoms with van der Waals surface area (Å²) < 4.78 is 5.45. The van der Waals surface area contributed by atoms with Gasteiger partial charge in [0.25, 0.3) is 5.91 Å². The normalized spacial score (nSPS) is 16.5. The molecule has 1 amide bonds. The van der Waals surface area contributed by atoms with Gasteiger partial charge in [0.15, 0.2) is 0 Å². The van der Waals surface area contributed by atoms with E-state index in [1.54, 1.807) is 18.2 Å². The molecule has 1 aromatic heterocycles. The first-order valence-electron chi connectivity index (χ1n) is 7.61. The van der Waals surface area contributed by atoms with Crippen molar-refractivity contribution in [3.05, 3.63) is 72.1 Å². The zero-order chi connectivity index (χ0) is 16.5. The number of anilines is 2. The number of H-pyrrole nitrogens is 1. The molecule has 2 N–H and O–H groups in total. The Labute approximate surface area is 139 Å². The molecule has 4 rings (SSSR count). The largest absolute Gasteiger partial charge is 0.495 e. The highest BCUT2D eigenvalue weighted by atomic mass is 16.5. The predicted molar refractivity (Wildman–Crippen MR) is 91.2 cm³/mol. The highest BCUT2D eigenvalue weighted by molar-refractivity contribution is 6.12. The maximum absolute atomic E-state index is 13.2. The molecule has 2 aromatic carbocycles. The summed E-state index contributed by atoms with van der Waals surface area (Å²) in [6, 6.07) is 16.8. The van der Waals surface area contributed by atoms with Gasteiger partial charge in [-0.05, 0) is 30.3 Å². The third-order valence-electron chi connectivity index (χ3n) is 4.09. The van der Waals surface area contributed by atoms with Crippen molar-refractivity contribution < 1.29 is 9.53 Å². The van der Waals surface area contributed by atoms with E-state index in [9.17, 15) is 4.79 Å². The Morgan fingerprint density at radius 3 is 2.67 bits per heavy atom. The van der Waals surface area contributed by atoms with Crippen molar-refractivity contribution in [2.45, 2.75) is 6.17 Å². The van der Waals surface area contributed by atoms with Gasteiger partial charge in [0, 0.05) is 11.9 Å². The molecule has 0 radical (unpaired) electrons. The number of aromatic nitrogens is 2. The maximum atomic E-state index is 13.2. The number of carbonyl (C=O) groups is 1. The standard InChI is InChI=1S/C18H16N4O2/c1-24-16-9-5-4-8-15(16)22-17(14-10-11-19-21-14)20-13-7-3-2-6-12(13)18(22)23/h2-11,17,20H,1H3,(H,19,21)/t17-/m1/s1. The third-order valence-corrected chi connectivity index (χ3v) is 4.09. The molecule has 1 aliphatic heterocycles. The van der Waals surface area contributed by atoms with E-state index in [4.69, 9.17) is 4.74 Å². The number of hydrogen-bond acceptors (Lipinski definition) is 4. The lowest BCUT2D eigenvalue weighted by Crippen LogP contribution is -2.43. The molecule has 3 aromatic rings. The minimum atomic E-state index is -0.397. The Morgan fingerprint density at radius 1 is 1.08 bits per heavy atom. The summed E-state index contributed by atoms with van der Waals surface area (Å²) in [6.07, 6.45) is 1.27. The molecule has 1 atom stereocenters. The van der Waals surface area contributed by atoms with Crippen LogP contribution in [-0.4, -0.2) is 23.2 Å². The number of nitrogens with one attached hydrogen (secondary N) is 2. The van der Waals surface area contributed by atoms with E-state index in [0.29, 0.717) is 17.0 Å². The first-order valence-corrected chi connectivity index (χ1v) is 7.61. The molecule has 0 spiro atoms. The number of aromatic amines is 1. The number of carbonyl (C=O) groups excluding carboxylic acids is 1. The second-order valence-corrected chi connectivity index (χ2v) is 5.45. The minimum Gasteiger partial charge on any atom is -0.495 e. The van der Waals surface area contributed by atoms with E-state index in [-0.39, 0.29) is 5.91 Å². The average Bonchev–Trinajstić information content (AvgIpc) is 3.16. The summed E-state index contributed by atoms with van der Waals surface area (Å²) in [6.45, 7) is 0. The molecule has 0 saturated carbocycles. The van der Waals surface area contributed by atoms with E-state index in [1.807, 2.05) is 54.6 Å². The molecule has 0 bridgehead atoms. The van der Waals surface area contributed by atoms with Crippen LogP contribution in [0, 0.1) is 0 Å². The van der Waals surface area contributed by atoms with Gasteiger partial charge >= 0.3 is 0 Å². The molecule has 0 aliphatic carbocycles. The molecule has 6 nitrogen and oxygen atoms in total. The van der Waals surface area contributed by atoms with Gasteiger partial charge in [0.05, 0.1) is 24.1 Å². The van der Waals surface area contributed by atoms with Crippen molar-refractivity contribution in [2.24, 2.45) is 0 Å². The number of methoxy groups -OCH3 is 1. The van der Waals surface area contributed by atoms with Crippen LogP contribution in [0.2, 0.25) is 0 Å². The topological polar surface area (TPSA) is 70.2 Å². The zero-order valence-electron chi connectivity index (χ0n) is 13.1. The second-order valence-electron chi connectivity index (χ2n) is 5.45. The molecular formula is C18H16N4O2. The minimum absolute atomic E-state index is 0.0894. The summed E-state index contributed by atoms with van der Waals surface area (Å²) in [5, 5.41) is 10.4. The Hall–Kier alpha value is -3.28. The monoisotopic (exact) mass is 320 g/mol. The van der Waals surface area contributed by atoms with Crippen molar-refractivity contribution in [1.29, 1.82) is 0 Å². The number of benzene rings is 2. The van der Waals surface area contributed by atoms with Crippen molar-refractivity contribution in [1.82, 2.24) is 10.2 Å². The van der Waals surface area contributed by atoms with Crippen molar-refractivity contribution >= 4 is 17.3 Å². The number of fused-ring (bicyclic) bond motifs is 1. The molecule has 2 heterocycles. The number of rotatable bonds is 3. The van der Waals surface area contributed by atoms with Gasteiger partial charge < -0.3 is 10.1 Å². The van der Waals surface area contributed by atoms with E-state index < -0.39 is 6.17 Å². The average molecular weight is 320 g/mol. The van der Waals surface area contributed by atoms with E-state index in [2.05, 4.69) is 15.5 Å². The van der Waals surface area contributed by atoms with Crippen LogP contribution in [0.4, 0.5) is 11.4 Å². The third kappa shape index (κ3) is 2.20. The van der Waals surface area contributed by atoms with Gasteiger partial charge in [-0.2, -0.15) is 5.10 Å². The van der Waals surface area contributed by atoms with Gasteiger partial charge in [0.1, 0.15) is 11.9 Å². The fourth-order valence-corrected chi connectivity index (χ4v) is 2.97. The Morgan fingerprint density at radius 2 is 1.88 bits per heavy atom. The van der Waals surface area contributed by atoms with Crippen molar-refractivity contribution in [2.75, 3.05) is 17.3 Å². The van der Waals surface area contributed by atoms with Gasteiger partial charge in [-0.25, -0.2) is 0 Å². The predicted octanol–water partition coefficient (Wildman–Crippen LogP) is 3.19. The fourth-order valence-electron chi connectivity index (χ4n) is 2.97. The van der Waals surface area contributed by atoms with Crippen LogP contribution in [0.5, 0.6) is 5.75 Å². The van der Waals surface area contributed by atoms with Crippen LogP contribution in [0.1, 0.15) is 22.2 Å². The van der Waals surface area contributed by atoms with Crippen LogP contribution in [-0.2, 0) is 0 Å². The summed E-state index contributed by atoms with van der Waals surface area (Å²) in [5.41, 5.74) is 2.92. The van der Waals surface area contributed by atoms with E-state index in [0.717, 1.165) is 11.4 Å². The van der Waals surface area contributed by atoms with Crippen LogP contribution in [0.3, 0.4) is 0 Å². The molecular weight excluding hydrogens is 304 g/mol. The molecule has 0 unspecified atom stereocenters. The quantitative estimate of drug-likeness (QED) is 0.777. The number of para-hydroxylation sites is 3. The molecule has 0 fully saturated rings. The molecule has 24 heavy (non-hydrogen) atoms. The molecule has 1 aliphatic rings. The molecule has 120 valence electrons. The Kier molecular flexibility index (Phi) is 3.42. The number of amides is 1. The maximum Gasteiger partial charge on any atom is 0.262 e. The van der Waals surface area contributed by atoms with Crippen molar-refractivity contribution in [3.63, 3.8) is 0 Å². The SMILES string of the molecule is COc1ccccc1N1C(=O)c2ccccc2N[C@H]1c1ccn[nH]1. The number of nitrogens with zero attached hydrogens (tertiary/aromatic N) is 2. The lowest BCUT2D eigenvalue weighted by atomic mass is 10.0. The van der Waals surface area contributed by atoms with E-state index in [1.165, 1.54) is 0 Å². The lowest BCUT2D eigenvalue weighted by Gasteiger charge is -2.37. The highest BCUT2D eigenvalue weighted by Gasteiger charge is 2.35. The highest BCUT2D eigenvalue weighted by Crippen LogP contribution is 2.39. The van der Waals surface area contributed by atoms with Gasteiger partial charge in [-0.1, -0.05) is 24.3 Å². The summed E-state index contributed by atoms with van der Waals surface area (Å²) in [4.78, 5) is 14.9. The van der Waals surface area contributed by atoms with Crippen LogP contribution in [0.15, 0.2) is 60.8 Å². The van der Waals surface area contributed by atoms with Crippen LogP contribution in [0.25, 0.3) is 0 Å². The smallest absolute Gasteiger partial charge is 0.262 e. The van der Waals surface area contributed by atoms with Gasteiger partial charge in [-0.15, -0.1) is 0 Å². The summed E-state index contributed by atoms with van der Waals surface area (Å²) in [7, 11) is 1.60. The summed E-state index contributed by atoms with van der Waals surface area (Å²) >= 11 is 0. The first-order chi connectivity index (χ1) is 11.8. The zero-order valence-corrected chi connectivity index (χ0v) is 13.1. The Balaban J connectivity index is 1.89. The second kappa shape index (κ2) is 5.73. The van der Waals surface area contributed by atoms with Crippen molar-refractivity contribution in [3.8, 4) is 5.75 Å². The molecule has 6 heteroatoms. The van der Waals surface area contributed by atoms with Crippen LogP contribution < -0.4 is 15.0 Å². The van der Waals surface area contributed by atoms with E-state index >= 15 is 0 Å². The number of ether oxygens (including phenoxy) is 1. The fraction of sp³-hybridized carbons (Fsp3) is 0.111.